The number of halogens is 1. The molecule has 0 radical (unpaired) electrons. The molecule has 3 aromatic carbocycles. The lowest BCUT2D eigenvalue weighted by molar-refractivity contribution is 0.0945. The number of amides is 1. The predicted octanol–water partition coefficient (Wildman–Crippen LogP) is 5.19. The van der Waals surface area contributed by atoms with E-state index in [0.29, 0.717) is 48.6 Å². The molecule has 0 atom stereocenters. The molecule has 1 aliphatic rings. The van der Waals surface area contributed by atoms with Gasteiger partial charge in [0.15, 0.2) is 17.2 Å². The molecule has 0 saturated carbocycles. The van der Waals surface area contributed by atoms with E-state index in [1.807, 2.05) is 60.7 Å². The minimum Gasteiger partial charge on any atom is -0.454 e. The van der Waals surface area contributed by atoms with Gasteiger partial charge in [-0.2, -0.15) is 0 Å². The largest absolute Gasteiger partial charge is 0.454 e. The number of fused-ring (bicyclic) bond motifs is 1. The van der Waals surface area contributed by atoms with Crippen LogP contribution in [-0.4, -0.2) is 22.6 Å². The average molecular weight is 490 g/mol. The van der Waals surface area contributed by atoms with Crippen molar-refractivity contribution in [3.63, 3.8) is 0 Å². The van der Waals surface area contributed by atoms with Gasteiger partial charge in [0.25, 0.3) is 5.91 Å². The Morgan fingerprint density at radius 1 is 0.886 bits per heavy atom. The van der Waals surface area contributed by atoms with E-state index in [-0.39, 0.29) is 18.4 Å². The molecule has 0 aliphatic carbocycles. The predicted molar refractivity (Wildman–Crippen MR) is 131 cm³/mol. The Labute approximate surface area is 208 Å². The number of hydrogen-bond donors (Lipinski definition) is 1. The van der Waals surface area contributed by atoms with Crippen LogP contribution >= 0.6 is 11.6 Å². The highest BCUT2D eigenvalue weighted by Crippen LogP contribution is 2.32. The van der Waals surface area contributed by atoms with Crippen LogP contribution in [-0.2, 0) is 26.2 Å². The molecule has 0 unspecified atom stereocenters. The SMILES string of the molecule is O=C(NCc1ccc2c(c1)OCO2)c1coc(CN(Cc2ccccc2)Cc2ccc(Cl)cc2)n1. The zero-order chi connectivity index (χ0) is 24.0. The fourth-order valence-corrected chi connectivity index (χ4v) is 3.99. The number of carbonyl (C=O) groups is 1. The standard InChI is InChI=1S/C27H24ClN3O4/c28-22-9-6-20(7-10-22)15-31(14-19-4-2-1-3-5-19)16-26-30-23(17-33-26)27(32)29-13-21-8-11-24-25(12-21)35-18-34-24/h1-12,17H,13-16,18H2,(H,29,32). The van der Waals surface area contributed by atoms with E-state index in [4.69, 9.17) is 25.5 Å². The van der Waals surface area contributed by atoms with Crippen LogP contribution in [0.1, 0.15) is 33.1 Å². The van der Waals surface area contributed by atoms with Gasteiger partial charge in [-0.1, -0.05) is 60.1 Å². The highest BCUT2D eigenvalue weighted by Gasteiger charge is 2.17. The summed E-state index contributed by atoms with van der Waals surface area (Å²) in [4.78, 5) is 19.3. The molecule has 1 aliphatic heterocycles. The molecule has 1 N–H and O–H groups in total. The molecule has 2 heterocycles. The molecule has 8 heteroatoms. The van der Waals surface area contributed by atoms with Crippen molar-refractivity contribution in [3.05, 3.63) is 112 Å². The number of oxazole rings is 1. The molecule has 178 valence electrons. The summed E-state index contributed by atoms with van der Waals surface area (Å²) in [6.07, 6.45) is 1.40. The first-order chi connectivity index (χ1) is 17.1. The van der Waals surface area contributed by atoms with E-state index in [1.54, 1.807) is 0 Å². The Kier molecular flexibility index (Phi) is 6.97. The maximum absolute atomic E-state index is 12.6. The van der Waals surface area contributed by atoms with Crippen molar-refractivity contribution in [1.29, 1.82) is 0 Å². The lowest BCUT2D eigenvalue weighted by Crippen LogP contribution is -2.24. The van der Waals surface area contributed by atoms with E-state index in [9.17, 15) is 4.79 Å². The number of benzene rings is 3. The second-order valence-corrected chi connectivity index (χ2v) is 8.69. The summed E-state index contributed by atoms with van der Waals surface area (Å²) in [6.45, 7) is 2.39. The average Bonchev–Trinajstić information content (AvgIpc) is 3.54. The maximum Gasteiger partial charge on any atom is 0.273 e. The highest BCUT2D eigenvalue weighted by molar-refractivity contribution is 6.30. The Hall–Kier alpha value is -3.81. The maximum atomic E-state index is 12.6. The fraction of sp³-hybridized carbons (Fsp3) is 0.185. The second kappa shape index (κ2) is 10.6. The first-order valence-electron chi connectivity index (χ1n) is 11.2. The molecule has 0 bridgehead atoms. The van der Waals surface area contributed by atoms with Crippen molar-refractivity contribution in [1.82, 2.24) is 15.2 Å². The molecule has 0 spiro atoms. The number of rotatable bonds is 9. The molecule has 0 saturated heterocycles. The molecule has 5 rings (SSSR count). The van der Waals surface area contributed by atoms with Gasteiger partial charge in [0, 0.05) is 24.7 Å². The van der Waals surface area contributed by atoms with Crippen molar-refractivity contribution in [2.24, 2.45) is 0 Å². The highest BCUT2D eigenvalue weighted by atomic mass is 35.5. The lowest BCUT2D eigenvalue weighted by Gasteiger charge is -2.21. The van der Waals surface area contributed by atoms with Crippen molar-refractivity contribution in [3.8, 4) is 11.5 Å². The van der Waals surface area contributed by atoms with E-state index in [1.165, 1.54) is 11.8 Å². The van der Waals surface area contributed by atoms with Gasteiger partial charge in [-0.05, 0) is 41.0 Å². The quantitative estimate of drug-likeness (QED) is 0.348. The first kappa shape index (κ1) is 23.0. The molecule has 0 fully saturated rings. The molecule has 7 nitrogen and oxygen atoms in total. The second-order valence-electron chi connectivity index (χ2n) is 8.25. The number of nitrogens with one attached hydrogen (secondary N) is 1. The van der Waals surface area contributed by atoms with Gasteiger partial charge < -0.3 is 19.2 Å². The van der Waals surface area contributed by atoms with Crippen LogP contribution < -0.4 is 14.8 Å². The summed E-state index contributed by atoms with van der Waals surface area (Å²) >= 11 is 6.04. The van der Waals surface area contributed by atoms with Crippen LogP contribution in [0.4, 0.5) is 0 Å². The van der Waals surface area contributed by atoms with Gasteiger partial charge in [-0.25, -0.2) is 4.98 Å². The Morgan fingerprint density at radius 3 is 2.40 bits per heavy atom. The lowest BCUT2D eigenvalue weighted by atomic mass is 10.1. The molecule has 4 aromatic rings. The van der Waals surface area contributed by atoms with E-state index >= 15 is 0 Å². The molecule has 1 aromatic heterocycles. The van der Waals surface area contributed by atoms with Gasteiger partial charge >= 0.3 is 0 Å². The molecular weight excluding hydrogens is 466 g/mol. The number of carbonyl (C=O) groups excluding carboxylic acids is 1. The molecule has 35 heavy (non-hydrogen) atoms. The first-order valence-corrected chi connectivity index (χ1v) is 11.6. The Morgan fingerprint density at radius 2 is 1.60 bits per heavy atom. The third-order valence-corrected chi connectivity index (χ3v) is 5.85. The monoisotopic (exact) mass is 489 g/mol. The van der Waals surface area contributed by atoms with Crippen LogP contribution in [0.5, 0.6) is 11.5 Å². The van der Waals surface area contributed by atoms with Crippen molar-refractivity contribution < 1.29 is 18.7 Å². The zero-order valence-corrected chi connectivity index (χ0v) is 19.7. The topological polar surface area (TPSA) is 76.8 Å². The van der Waals surface area contributed by atoms with Crippen molar-refractivity contribution in [2.75, 3.05) is 6.79 Å². The summed E-state index contributed by atoms with van der Waals surface area (Å²) in [5.74, 6) is 1.56. The number of hydrogen-bond acceptors (Lipinski definition) is 6. The van der Waals surface area contributed by atoms with Gasteiger partial charge in [-0.15, -0.1) is 0 Å². The minimum atomic E-state index is -0.301. The van der Waals surface area contributed by atoms with Crippen LogP contribution in [0.2, 0.25) is 5.02 Å². The summed E-state index contributed by atoms with van der Waals surface area (Å²) in [6, 6.07) is 23.5. The zero-order valence-electron chi connectivity index (χ0n) is 18.9. The Balaban J connectivity index is 1.23. The molecule has 1 amide bonds. The van der Waals surface area contributed by atoms with Gasteiger partial charge in [0.1, 0.15) is 6.26 Å². The van der Waals surface area contributed by atoms with Crippen molar-refractivity contribution >= 4 is 17.5 Å². The fourth-order valence-electron chi connectivity index (χ4n) is 3.86. The van der Waals surface area contributed by atoms with E-state index in [2.05, 4.69) is 27.3 Å². The molecular formula is C27H24ClN3O4. The number of ether oxygens (including phenoxy) is 2. The smallest absolute Gasteiger partial charge is 0.273 e. The summed E-state index contributed by atoms with van der Waals surface area (Å²) < 4.78 is 16.4. The number of nitrogens with zero attached hydrogens (tertiary/aromatic N) is 2. The van der Waals surface area contributed by atoms with E-state index < -0.39 is 0 Å². The summed E-state index contributed by atoms with van der Waals surface area (Å²) in [5, 5.41) is 3.58. The van der Waals surface area contributed by atoms with Gasteiger partial charge in [0.05, 0.1) is 6.54 Å². The number of aromatic nitrogens is 1. The van der Waals surface area contributed by atoms with E-state index in [0.717, 1.165) is 11.1 Å². The Bertz CT molecular complexity index is 1290. The van der Waals surface area contributed by atoms with Crippen LogP contribution in [0.3, 0.4) is 0 Å². The third-order valence-electron chi connectivity index (χ3n) is 5.60. The van der Waals surface area contributed by atoms with Gasteiger partial charge in [0.2, 0.25) is 12.7 Å². The summed E-state index contributed by atoms with van der Waals surface area (Å²) in [5.41, 5.74) is 3.45. The third kappa shape index (κ3) is 6.01. The normalized spacial score (nSPS) is 12.2. The van der Waals surface area contributed by atoms with Crippen LogP contribution in [0.25, 0.3) is 0 Å². The minimum absolute atomic E-state index is 0.214. The van der Waals surface area contributed by atoms with Crippen LogP contribution in [0.15, 0.2) is 83.5 Å². The van der Waals surface area contributed by atoms with Crippen LogP contribution in [0, 0.1) is 0 Å². The van der Waals surface area contributed by atoms with Gasteiger partial charge in [-0.3, -0.25) is 9.69 Å². The van der Waals surface area contributed by atoms with Crippen molar-refractivity contribution in [2.45, 2.75) is 26.2 Å². The summed E-state index contributed by atoms with van der Waals surface area (Å²) in [7, 11) is 0.